The molecule has 1 unspecified atom stereocenters. The molecule has 1 aromatic heterocycles. The molecule has 2 aliphatic heterocycles. The van der Waals surface area contributed by atoms with Crippen molar-refractivity contribution >= 4 is 23.2 Å². The van der Waals surface area contributed by atoms with Crippen LogP contribution >= 0.6 is 11.6 Å². The number of nitrogens with zero attached hydrogens (tertiary/aromatic N) is 4. The van der Waals surface area contributed by atoms with E-state index in [1.807, 2.05) is 18.2 Å². The first-order valence-electron chi connectivity index (χ1n) is 9.66. The summed E-state index contributed by atoms with van der Waals surface area (Å²) in [6.45, 7) is 4.87. The van der Waals surface area contributed by atoms with Gasteiger partial charge < -0.3 is 15.3 Å². The van der Waals surface area contributed by atoms with Gasteiger partial charge in [-0.05, 0) is 36.5 Å². The number of hydrogen-bond donors (Lipinski definition) is 2. The molecule has 1 saturated heterocycles. The number of rotatable bonds is 6. The lowest BCUT2D eigenvalue weighted by atomic mass is 10.00. The number of aromatic nitrogens is 2. The fourth-order valence-electron chi connectivity index (χ4n) is 4.08. The van der Waals surface area contributed by atoms with Gasteiger partial charge in [-0.1, -0.05) is 23.7 Å². The van der Waals surface area contributed by atoms with E-state index >= 15 is 0 Å². The second kappa shape index (κ2) is 8.42. The molecule has 0 amide bonds. The van der Waals surface area contributed by atoms with Crippen LogP contribution in [0.1, 0.15) is 24.0 Å². The van der Waals surface area contributed by atoms with E-state index < -0.39 is 0 Å². The molecule has 3 heterocycles. The molecule has 0 bridgehead atoms. The van der Waals surface area contributed by atoms with E-state index in [9.17, 15) is 5.11 Å². The molecule has 2 N–H and O–H groups in total. The summed E-state index contributed by atoms with van der Waals surface area (Å²) >= 11 is 6.30. The Labute approximate surface area is 165 Å². The molecule has 1 aromatic carbocycles. The molecule has 1 atom stereocenters. The molecule has 4 rings (SSSR count). The third-order valence-corrected chi connectivity index (χ3v) is 5.91. The molecule has 2 aromatic rings. The van der Waals surface area contributed by atoms with E-state index in [0.717, 1.165) is 68.6 Å². The Balaban J connectivity index is 1.32. The predicted octanol–water partition coefficient (Wildman–Crippen LogP) is 2.56. The normalized spacial score (nSPS) is 19.9. The van der Waals surface area contributed by atoms with Gasteiger partial charge in [-0.15, -0.1) is 0 Å². The van der Waals surface area contributed by atoms with Crippen LogP contribution in [0.25, 0.3) is 0 Å². The number of fused-ring (bicyclic) bond motifs is 1. The SMILES string of the molecule is OCC1CCCN1c1cc(NCCN2CCc3c(Cl)cccc3C2)ncn1. The van der Waals surface area contributed by atoms with Crippen molar-refractivity contribution < 1.29 is 5.11 Å². The quantitative estimate of drug-likeness (QED) is 0.794. The van der Waals surface area contributed by atoms with Crippen molar-refractivity contribution in [1.82, 2.24) is 14.9 Å². The summed E-state index contributed by atoms with van der Waals surface area (Å²) in [6.07, 6.45) is 4.72. The monoisotopic (exact) mass is 387 g/mol. The lowest BCUT2D eigenvalue weighted by Crippen LogP contribution is -2.34. The largest absolute Gasteiger partial charge is 0.394 e. The van der Waals surface area contributed by atoms with Gasteiger partial charge in [0.2, 0.25) is 0 Å². The number of anilines is 2. The molecule has 2 aliphatic rings. The maximum atomic E-state index is 9.53. The van der Waals surface area contributed by atoms with Crippen molar-refractivity contribution in [3.05, 3.63) is 46.7 Å². The minimum atomic E-state index is 0.174. The number of benzene rings is 1. The van der Waals surface area contributed by atoms with Gasteiger partial charge >= 0.3 is 0 Å². The minimum absolute atomic E-state index is 0.174. The second-order valence-electron chi connectivity index (χ2n) is 7.26. The molecule has 0 aliphatic carbocycles. The maximum Gasteiger partial charge on any atom is 0.134 e. The van der Waals surface area contributed by atoms with Gasteiger partial charge in [0.1, 0.15) is 18.0 Å². The molecule has 144 valence electrons. The minimum Gasteiger partial charge on any atom is -0.394 e. The van der Waals surface area contributed by atoms with Crippen molar-refractivity contribution in [2.24, 2.45) is 0 Å². The second-order valence-corrected chi connectivity index (χ2v) is 7.67. The molecule has 0 radical (unpaired) electrons. The van der Waals surface area contributed by atoms with E-state index in [1.165, 1.54) is 11.1 Å². The highest BCUT2D eigenvalue weighted by atomic mass is 35.5. The van der Waals surface area contributed by atoms with Crippen LogP contribution in [-0.4, -0.2) is 58.8 Å². The van der Waals surface area contributed by atoms with E-state index in [2.05, 4.69) is 31.2 Å². The zero-order valence-electron chi connectivity index (χ0n) is 15.4. The van der Waals surface area contributed by atoms with Crippen LogP contribution in [0.4, 0.5) is 11.6 Å². The topological polar surface area (TPSA) is 64.5 Å². The Hall–Kier alpha value is -1.89. The van der Waals surface area contributed by atoms with Gasteiger partial charge in [-0.2, -0.15) is 0 Å². The van der Waals surface area contributed by atoms with Crippen molar-refractivity contribution in [2.75, 3.05) is 43.0 Å². The molecule has 6 nitrogen and oxygen atoms in total. The molecule has 0 saturated carbocycles. The molecule has 7 heteroatoms. The van der Waals surface area contributed by atoms with Crippen LogP contribution in [0.3, 0.4) is 0 Å². The van der Waals surface area contributed by atoms with E-state index in [1.54, 1.807) is 6.33 Å². The van der Waals surface area contributed by atoms with Crippen LogP contribution in [0.5, 0.6) is 0 Å². The molecular weight excluding hydrogens is 362 g/mol. The third kappa shape index (κ3) is 4.18. The summed E-state index contributed by atoms with van der Waals surface area (Å²) in [7, 11) is 0. The summed E-state index contributed by atoms with van der Waals surface area (Å²) in [5, 5.41) is 13.8. The van der Waals surface area contributed by atoms with Crippen LogP contribution in [-0.2, 0) is 13.0 Å². The molecular formula is C20H26ClN5O. The van der Waals surface area contributed by atoms with Gasteiger partial charge in [0.15, 0.2) is 0 Å². The summed E-state index contributed by atoms with van der Waals surface area (Å²) in [4.78, 5) is 13.4. The first-order chi connectivity index (χ1) is 13.2. The highest BCUT2D eigenvalue weighted by Crippen LogP contribution is 2.26. The van der Waals surface area contributed by atoms with E-state index in [-0.39, 0.29) is 12.6 Å². The highest BCUT2D eigenvalue weighted by Gasteiger charge is 2.25. The Morgan fingerprint density at radius 1 is 1.26 bits per heavy atom. The van der Waals surface area contributed by atoms with Crippen molar-refractivity contribution in [3.8, 4) is 0 Å². The predicted molar refractivity (Wildman–Crippen MR) is 108 cm³/mol. The van der Waals surface area contributed by atoms with Gasteiger partial charge in [0.05, 0.1) is 12.6 Å². The van der Waals surface area contributed by atoms with Gasteiger partial charge in [-0.25, -0.2) is 9.97 Å². The third-order valence-electron chi connectivity index (χ3n) is 5.56. The Morgan fingerprint density at radius 3 is 3.07 bits per heavy atom. The molecule has 27 heavy (non-hydrogen) atoms. The lowest BCUT2D eigenvalue weighted by Gasteiger charge is -2.29. The standard InChI is InChI=1S/C20H26ClN5O/c21-18-5-1-3-15-12-25(9-6-17(15)18)10-7-22-19-11-20(24-14-23-19)26-8-2-4-16(26)13-27/h1,3,5,11,14,16,27H,2,4,6-10,12-13H2,(H,22,23,24). The number of aliphatic hydroxyl groups is 1. The molecule has 0 spiro atoms. The van der Waals surface area contributed by atoms with Crippen LogP contribution in [0.15, 0.2) is 30.6 Å². The number of aliphatic hydroxyl groups excluding tert-OH is 1. The summed E-state index contributed by atoms with van der Waals surface area (Å²) in [6, 6.07) is 8.34. The smallest absolute Gasteiger partial charge is 0.134 e. The van der Waals surface area contributed by atoms with E-state index in [0.29, 0.717) is 0 Å². The number of nitrogens with one attached hydrogen (secondary N) is 1. The van der Waals surface area contributed by atoms with Crippen LogP contribution in [0.2, 0.25) is 5.02 Å². The zero-order chi connectivity index (χ0) is 18.6. The van der Waals surface area contributed by atoms with Crippen molar-refractivity contribution in [2.45, 2.75) is 31.8 Å². The Bertz CT molecular complexity index is 787. The summed E-state index contributed by atoms with van der Waals surface area (Å²) < 4.78 is 0. The van der Waals surface area contributed by atoms with Crippen LogP contribution < -0.4 is 10.2 Å². The summed E-state index contributed by atoms with van der Waals surface area (Å²) in [5.74, 6) is 1.73. The molecule has 1 fully saturated rings. The average molecular weight is 388 g/mol. The number of hydrogen-bond acceptors (Lipinski definition) is 6. The Morgan fingerprint density at radius 2 is 2.19 bits per heavy atom. The van der Waals surface area contributed by atoms with Gasteiger partial charge in [0.25, 0.3) is 0 Å². The van der Waals surface area contributed by atoms with Gasteiger partial charge in [-0.3, -0.25) is 4.90 Å². The maximum absolute atomic E-state index is 9.53. The fourth-order valence-corrected chi connectivity index (χ4v) is 4.37. The fraction of sp³-hybridized carbons (Fsp3) is 0.500. The van der Waals surface area contributed by atoms with E-state index in [4.69, 9.17) is 11.6 Å². The van der Waals surface area contributed by atoms with Crippen molar-refractivity contribution in [1.29, 1.82) is 0 Å². The first-order valence-corrected chi connectivity index (χ1v) is 10.0. The zero-order valence-corrected chi connectivity index (χ0v) is 16.2. The highest BCUT2D eigenvalue weighted by molar-refractivity contribution is 6.31. The lowest BCUT2D eigenvalue weighted by molar-refractivity contribution is 0.264. The first kappa shape index (κ1) is 18.5. The Kier molecular flexibility index (Phi) is 5.76. The van der Waals surface area contributed by atoms with Crippen LogP contribution in [0, 0.1) is 0 Å². The van der Waals surface area contributed by atoms with Gasteiger partial charge in [0, 0.05) is 43.8 Å². The average Bonchev–Trinajstić information content (AvgIpc) is 3.17. The number of halogens is 1. The van der Waals surface area contributed by atoms with Crippen molar-refractivity contribution in [3.63, 3.8) is 0 Å². The summed E-state index contributed by atoms with van der Waals surface area (Å²) in [5.41, 5.74) is 2.63.